The molecule has 0 saturated carbocycles. The highest BCUT2D eigenvalue weighted by atomic mass is 16.6. The summed E-state index contributed by atoms with van der Waals surface area (Å²) in [6.45, 7) is 7.04. The molecule has 0 spiro atoms. The number of nitro benzene ring substituents is 1. The molecule has 1 heterocycles. The van der Waals surface area contributed by atoms with Gasteiger partial charge in [0.25, 0.3) is 5.69 Å². The zero-order valence-corrected chi connectivity index (χ0v) is 14.3. The second-order valence-electron chi connectivity index (χ2n) is 7.11. The van der Waals surface area contributed by atoms with Crippen molar-refractivity contribution in [2.24, 2.45) is 5.92 Å². The van der Waals surface area contributed by atoms with Gasteiger partial charge < -0.3 is 4.74 Å². The van der Waals surface area contributed by atoms with Crippen molar-refractivity contribution in [3.63, 3.8) is 0 Å². The van der Waals surface area contributed by atoms with Crippen molar-refractivity contribution in [1.29, 1.82) is 0 Å². The van der Waals surface area contributed by atoms with Crippen LogP contribution in [0.5, 0.6) is 0 Å². The van der Waals surface area contributed by atoms with E-state index in [0.29, 0.717) is 12.8 Å². The maximum atomic E-state index is 12.4. The molecule has 2 amide bonds. The molecule has 0 N–H and O–H groups in total. The quantitative estimate of drug-likeness (QED) is 0.625. The van der Waals surface area contributed by atoms with Crippen molar-refractivity contribution >= 4 is 17.7 Å². The molecule has 1 saturated heterocycles. The molecule has 1 aromatic rings. The molecule has 0 aliphatic carbocycles. The lowest BCUT2D eigenvalue weighted by molar-refractivity contribution is -0.384. The second kappa shape index (κ2) is 6.59. The summed E-state index contributed by atoms with van der Waals surface area (Å²) in [5, 5.41) is 10.7. The fourth-order valence-electron chi connectivity index (χ4n) is 2.78. The SMILES string of the molecule is C[C@@H]1C[C@@H](Cc2ccc([N+](=O)[O-])cc2)N(C(=O)OC(C)(C)C)C1=O. The maximum absolute atomic E-state index is 12.4. The van der Waals surface area contributed by atoms with Crippen molar-refractivity contribution in [1.82, 2.24) is 4.90 Å². The van der Waals surface area contributed by atoms with Gasteiger partial charge in [-0.1, -0.05) is 19.1 Å². The lowest BCUT2D eigenvalue weighted by Crippen LogP contribution is -2.43. The van der Waals surface area contributed by atoms with Crippen LogP contribution in [-0.2, 0) is 16.0 Å². The van der Waals surface area contributed by atoms with Crippen LogP contribution in [0.4, 0.5) is 10.5 Å². The summed E-state index contributed by atoms with van der Waals surface area (Å²) < 4.78 is 5.34. The van der Waals surface area contributed by atoms with Crippen LogP contribution in [0.1, 0.15) is 39.7 Å². The maximum Gasteiger partial charge on any atom is 0.417 e. The normalized spacial score (nSPS) is 21.0. The molecular weight excluding hydrogens is 312 g/mol. The zero-order valence-electron chi connectivity index (χ0n) is 14.3. The molecule has 1 fully saturated rings. The molecule has 0 bridgehead atoms. The Bertz CT molecular complexity index is 648. The topological polar surface area (TPSA) is 89.8 Å². The van der Waals surface area contributed by atoms with Crippen LogP contribution in [0, 0.1) is 16.0 Å². The number of hydrogen-bond donors (Lipinski definition) is 0. The summed E-state index contributed by atoms with van der Waals surface area (Å²) >= 11 is 0. The standard InChI is InChI=1S/C17H22N2O5/c1-11-9-14(10-12-5-7-13(8-6-12)19(22)23)18(15(11)20)16(21)24-17(2,3)4/h5-8,11,14H,9-10H2,1-4H3/t11-,14+/m1/s1. The molecule has 0 radical (unpaired) electrons. The number of benzene rings is 1. The number of carbonyl (C=O) groups excluding carboxylic acids is 2. The Hall–Kier alpha value is -2.44. The van der Waals surface area contributed by atoms with E-state index in [0.717, 1.165) is 5.56 Å². The minimum atomic E-state index is -0.679. The van der Waals surface area contributed by atoms with Gasteiger partial charge in [0.15, 0.2) is 0 Å². The minimum absolute atomic E-state index is 0.0126. The third kappa shape index (κ3) is 4.10. The highest BCUT2D eigenvalue weighted by Crippen LogP contribution is 2.29. The second-order valence-corrected chi connectivity index (χ2v) is 7.11. The van der Waals surface area contributed by atoms with Gasteiger partial charge in [-0.25, -0.2) is 9.69 Å². The number of ether oxygens (including phenoxy) is 1. The number of likely N-dealkylation sites (tertiary alicyclic amines) is 1. The Labute approximate surface area is 140 Å². The third-order valence-corrected chi connectivity index (χ3v) is 3.86. The van der Waals surface area contributed by atoms with Gasteiger partial charge in [0.2, 0.25) is 5.91 Å². The van der Waals surface area contributed by atoms with Crippen LogP contribution in [-0.4, -0.2) is 33.5 Å². The van der Waals surface area contributed by atoms with Crippen molar-refractivity contribution in [2.75, 3.05) is 0 Å². The zero-order chi connectivity index (χ0) is 18.1. The lowest BCUT2D eigenvalue weighted by atomic mass is 10.0. The van der Waals surface area contributed by atoms with Gasteiger partial charge in [-0.3, -0.25) is 14.9 Å². The number of rotatable bonds is 3. The molecule has 24 heavy (non-hydrogen) atoms. The average Bonchev–Trinajstić information content (AvgIpc) is 2.72. The Morgan fingerprint density at radius 2 is 1.92 bits per heavy atom. The number of amides is 2. The van der Waals surface area contributed by atoms with Crippen LogP contribution in [0.3, 0.4) is 0 Å². The minimum Gasteiger partial charge on any atom is -0.443 e. The molecule has 7 heteroatoms. The van der Waals surface area contributed by atoms with E-state index in [1.54, 1.807) is 39.8 Å². The smallest absolute Gasteiger partial charge is 0.417 e. The van der Waals surface area contributed by atoms with Gasteiger partial charge in [0.1, 0.15) is 5.60 Å². The Kier molecular flexibility index (Phi) is 4.91. The Morgan fingerprint density at radius 1 is 1.33 bits per heavy atom. The number of carbonyl (C=O) groups is 2. The molecular formula is C17H22N2O5. The summed E-state index contributed by atoms with van der Waals surface area (Å²) in [4.78, 5) is 36.1. The number of imide groups is 1. The summed E-state index contributed by atoms with van der Waals surface area (Å²) in [5.41, 5.74) is 0.167. The first-order valence-corrected chi connectivity index (χ1v) is 7.88. The van der Waals surface area contributed by atoms with Crippen molar-refractivity contribution in [3.05, 3.63) is 39.9 Å². The van der Waals surface area contributed by atoms with E-state index in [1.165, 1.54) is 17.0 Å². The molecule has 0 unspecified atom stereocenters. The average molecular weight is 334 g/mol. The van der Waals surface area contributed by atoms with Crippen molar-refractivity contribution < 1.29 is 19.2 Å². The van der Waals surface area contributed by atoms with Gasteiger partial charge in [-0.05, 0) is 39.2 Å². The molecule has 130 valence electrons. The van der Waals surface area contributed by atoms with E-state index in [9.17, 15) is 19.7 Å². The Morgan fingerprint density at radius 3 is 2.42 bits per heavy atom. The molecule has 7 nitrogen and oxygen atoms in total. The number of nitro groups is 1. The predicted octanol–water partition coefficient (Wildman–Crippen LogP) is 3.31. The molecule has 2 atom stereocenters. The van der Waals surface area contributed by atoms with Crippen LogP contribution >= 0.6 is 0 Å². The highest BCUT2D eigenvalue weighted by Gasteiger charge is 2.42. The number of non-ortho nitro benzene ring substituents is 1. The summed E-state index contributed by atoms with van der Waals surface area (Å²) in [7, 11) is 0. The highest BCUT2D eigenvalue weighted by molar-refractivity contribution is 5.95. The molecule has 2 rings (SSSR count). The molecule has 1 aromatic carbocycles. The molecule has 1 aliphatic rings. The van der Waals surface area contributed by atoms with Crippen LogP contribution in [0.2, 0.25) is 0 Å². The van der Waals surface area contributed by atoms with Crippen LogP contribution in [0.15, 0.2) is 24.3 Å². The van der Waals surface area contributed by atoms with E-state index in [4.69, 9.17) is 4.74 Å². The van der Waals surface area contributed by atoms with E-state index in [2.05, 4.69) is 0 Å². The fraction of sp³-hybridized carbons (Fsp3) is 0.529. The van der Waals surface area contributed by atoms with Gasteiger partial charge in [0.05, 0.1) is 4.92 Å². The Balaban J connectivity index is 2.16. The largest absolute Gasteiger partial charge is 0.443 e. The van der Waals surface area contributed by atoms with E-state index in [-0.39, 0.29) is 23.6 Å². The van der Waals surface area contributed by atoms with Gasteiger partial charge in [-0.2, -0.15) is 0 Å². The summed E-state index contributed by atoms with van der Waals surface area (Å²) in [6, 6.07) is 5.85. The van der Waals surface area contributed by atoms with Gasteiger partial charge in [-0.15, -0.1) is 0 Å². The van der Waals surface area contributed by atoms with Crippen molar-refractivity contribution in [2.45, 2.75) is 52.2 Å². The third-order valence-electron chi connectivity index (χ3n) is 3.86. The monoisotopic (exact) mass is 334 g/mol. The summed E-state index contributed by atoms with van der Waals surface area (Å²) in [5.74, 6) is -0.489. The van der Waals surface area contributed by atoms with E-state index >= 15 is 0 Å². The first-order valence-electron chi connectivity index (χ1n) is 7.88. The van der Waals surface area contributed by atoms with E-state index in [1.807, 2.05) is 0 Å². The van der Waals surface area contributed by atoms with Gasteiger partial charge >= 0.3 is 6.09 Å². The van der Waals surface area contributed by atoms with Crippen LogP contribution in [0.25, 0.3) is 0 Å². The van der Waals surface area contributed by atoms with Gasteiger partial charge in [0, 0.05) is 24.1 Å². The molecule has 1 aliphatic heterocycles. The number of nitrogens with zero attached hydrogens (tertiary/aromatic N) is 2. The van der Waals surface area contributed by atoms with E-state index < -0.39 is 16.6 Å². The lowest BCUT2D eigenvalue weighted by Gasteiger charge is -2.27. The predicted molar refractivity (Wildman–Crippen MR) is 87.4 cm³/mol. The first-order chi connectivity index (χ1) is 11.1. The first kappa shape index (κ1) is 17.9. The molecule has 0 aromatic heterocycles. The summed E-state index contributed by atoms with van der Waals surface area (Å²) in [6.07, 6.45) is 0.367. The number of hydrogen-bond acceptors (Lipinski definition) is 5. The van der Waals surface area contributed by atoms with Crippen molar-refractivity contribution in [3.8, 4) is 0 Å². The fourth-order valence-corrected chi connectivity index (χ4v) is 2.78. The van der Waals surface area contributed by atoms with Crippen LogP contribution < -0.4 is 0 Å².